The highest BCUT2D eigenvalue weighted by Gasteiger charge is 2.23. The van der Waals surface area contributed by atoms with E-state index >= 15 is 0 Å². The molecule has 0 spiro atoms. The molecule has 0 atom stereocenters. The molecular formula is C15H10BrF3O2. The topological polar surface area (TPSA) is 26.3 Å². The zero-order valence-electron chi connectivity index (χ0n) is 10.9. The van der Waals surface area contributed by atoms with Gasteiger partial charge in [0.05, 0.1) is 17.7 Å². The average molecular weight is 359 g/mol. The van der Waals surface area contributed by atoms with Crippen molar-refractivity contribution in [3.8, 4) is 5.75 Å². The van der Waals surface area contributed by atoms with Gasteiger partial charge in [-0.1, -0.05) is 15.9 Å². The highest BCUT2D eigenvalue weighted by molar-refractivity contribution is 9.10. The molecule has 0 aliphatic carbocycles. The van der Waals surface area contributed by atoms with E-state index in [1.54, 1.807) is 13.0 Å². The van der Waals surface area contributed by atoms with Crippen molar-refractivity contribution in [3.63, 3.8) is 0 Å². The molecule has 0 radical (unpaired) electrons. The van der Waals surface area contributed by atoms with Crippen LogP contribution in [0.25, 0.3) is 0 Å². The fraction of sp³-hybridized carbons (Fsp3) is 0.133. The first-order valence-corrected chi connectivity index (χ1v) is 6.85. The van der Waals surface area contributed by atoms with Crippen LogP contribution in [0.5, 0.6) is 5.75 Å². The Hall–Kier alpha value is -1.82. The Morgan fingerprint density at radius 1 is 1.14 bits per heavy atom. The van der Waals surface area contributed by atoms with E-state index in [4.69, 9.17) is 4.74 Å². The van der Waals surface area contributed by atoms with Crippen LogP contribution in [0, 0.1) is 17.5 Å². The van der Waals surface area contributed by atoms with Crippen LogP contribution in [0.3, 0.4) is 0 Å². The van der Waals surface area contributed by atoms with Crippen molar-refractivity contribution in [2.24, 2.45) is 0 Å². The summed E-state index contributed by atoms with van der Waals surface area (Å²) in [5.41, 5.74) is -0.814. The molecule has 6 heteroatoms. The number of carbonyl (C=O) groups excluding carboxylic acids is 1. The third kappa shape index (κ3) is 3.26. The van der Waals surface area contributed by atoms with Gasteiger partial charge in [-0.2, -0.15) is 0 Å². The lowest BCUT2D eigenvalue weighted by Gasteiger charge is -2.11. The van der Waals surface area contributed by atoms with Gasteiger partial charge < -0.3 is 4.74 Å². The van der Waals surface area contributed by atoms with E-state index in [1.165, 1.54) is 12.1 Å². The van der Waals surface area contributed by atoms with E-state index in [0.29, 0.717) is 16.6 Å². The van der Waals surface area contributed by atoms with Crippen LogP contribution in [-0.2, 0) is 0 Å². The van der Waals surface area contributed by atoms with Crippen LogP contribution in [0.4, 0.5) is 13.2 Å². The number of hydrogen-bond donors (Lipinski definition) is 0. The van der Waals surface area contributed by atoms with Crippen molar-refractivity contribution in [2.75, 3.05) is 6.61 Å². The molecule has 2 nitrogen and oxygen atoms in total. The van der Waals surface area contributed by atoms with Crippen molar-refractivity contribution in [2.45, 2.75) is 6.92 Å². The molecule has 0 saturated heterocycles. The molecule has 0 aliphatic rings. The number of carbonyl (C=O) groups is 1. The second kappa shape index (κ2) is 6.30. The Labute approximate surface area is 127 Å². The van der Waals surface area contributed by atoms with Crippen LogP contribution in [0.2, 0.25) is 0 Å². The van der Waals surface area contributed by atoms with Gasteiger partial charge in [0.1, 0.15) is 23.2 Å². The second-order valence-corrected chi connectivity index (χ2v) is 5.06. The molecule has 2 rings (SSSR count). The van der Waals surface area contributed by atoms with E-state index in [-0.39, 0.29) is 17.9 Å². The summed E-state index contributed by atoms with van der Waals surface area (Å²) < 4.78 is 46.2. The van der Waals surface area contributed by atoms with E-state index in [9.17, 15) is 18.0 Å². The molecule has 2 aromatic rings. The van der Waals surface area contributed by atoms with Gasteiger partial charge in [0, 0.05) is 16.6 Å². The fourth-order valence-electron chi connectivity index (χ4n) is 1.85. The summed E-state index contributed by atoms with van der Waals surface area (Å²) in [6.45, 7) is 2.01. The fourth-order valence-corrected chi connectivity index (χ4v) is 2.22. The van der Waals surface area contributed by atoms with Crippen molar-refractivity contribution in [1.82, 2.24) is 0 Å². The lowest BCUT2D eigenvalue weighted by atomic mass is 10.0. The lowest BCUT2D eigenvalue weighted by Crippen LogP contribution is -2.10. The molecule has 2 aromatic carbocycles. The summed E-state index contributed by atoms with van der Waals surface area (Å²) >= 11 is 3.18. The summed E-state index contributed by atoms with van der Waals surface area (Å²) in [6.07, 6.45) is 0. The minimum atomic E-state index is -1.25. The minimum Gasteiger partial charge on any atom is -0.493 e. The predicted octanol–water partition coefficient (Wildman–Crippen LogP) is 4.50. The number of hydrogen-bond acceptors (Lipinski definition) is 2. The first-order valence-electron chi connectivity index (χ1n) is 6.05. The number of ether oxygens (including phenoxy) is 1. The Balaban J connectivity index is 2.57. The Morgan fingerprint density at radius 2 is 1.76 bits per heavy atom. The molecule has 21 heavy (non-hydrogen) atoms. The monoisotopic (exact) mass is 358 g/mol. The first-order chi connectivity index (χ1) is 9.93. The number of halogens is 4. The smallest absolute Gasteiger partial charge is 0.202 e. The molecule has 0 fully saturated rings. The van der Waals surface area contributed by atoms with Crippen LogP contribution >= 0.6 is 15.9 Å². The molecular weight excluding hydrogens is 349 g/mol. The van der Waals surface area contributed by atoms with E-state index in [0.717, 1.165) is 0 Å². The maximum atomic E-state index is 13.7. The van der Waals surface area contributed by atoms with E-state index < -0.39 is 28.8 Å². The molecule has 0 N–H and O–H groups in total. The molecule has 0 aliphatic heterocycles. The number of ketones is 1. The lowest BCUT2D eigenvalue weighted by molar-refractivity contribution is 0.102. The van der Waals surface area contributed by atoms with Crippen LogP contribution < -0.4 is 4.74 Å². The normalized spacial score (nSPS) is 10.5. The van der Waals surface area contributed by atoms with Gasteiger partial charge in [0.25, 0.3) is 0 Å². The SMILES string of the molecule is CCOc1ccc(Br)cc1C(=O)c1c(F)cc(F)cc1F. The van der Waals surface area contributed by atoms with Gasteiger partial charge in [0.2, 0.25) is 5.78 Å². The van der Waals surface area contributed by atoms with E-state index in [1.807, 2.05) is 0 Å². The average Bonchev–Trinajstić information content (AvgIpc) is 2.39. The third-order valence-corrected chi connectivity index (χ3v) is 3.21. The molecule has 0 bridgehead atoms. The molecule has 0 aromatic heterocycles. The van der Waals surface area contributed by atoms with Gasteiger partial charge in [-0.15, -0.1) is 0 Å². The van der Waals surface area contributed by atoms with Crippen molar-refractivity contribution >= 4 is 21.7 Å². The van der Waals surface area contributed by atoms with Crippen LogP contribution in [0.1, 0.15) is 22.8 Å². The Morgan fingerprint density at radius 3 is 2.33 bits per heavy atom. The van der Waals surface area contributed by atoms with Gasteiger partial charge in [-0.25, -0.2) is 13.2 Å². The van der Waals surface area contributed by atoms with Gasteiger partial charge in [-0.3, -0.25) is 4.79 Å². The van der Waals surface area contributed by atoms with Crippen molar-refractivity contribution in [3.05, 3.63) is 63.4 Å². The standard InChI is InChI=1S/C15H10BrF3O2/c1-2-21-13-4-3-8(16)5-10(13)15(20)14-11(18)6-9(17)7-12(14)19/h3-7H,2H2,1H3. The summed E-state index contributed by atoms with van der Waals surface area (Å²) in [4.78, 5) is 12.3. The molecule has 110 valence electrons. The highest BCUT2D eigenvalue weighted by atomic mass is 79.9. The maximum Gasteiger partial charge on any atom is 0.202 e. The van der Waals surface area contributed by atoms with E-state index in [2.05, 4.69) is 15.9 Å². The molecule has 0 saturated carbocycles. The second-order valence-electron chi connectivity index (χ2n) is 4.15. The zero-order chi connectivity index (χ0) is 15.6. The van der Waals surface area contributed by atoms with Gasteiger partial charge in [-0.05, 0) is 25.1 Å². The summed E-state index contributed by atoms with van der Waals surface area (Å²) in [7, 11) is 0. The Kier molecular flexibility index (Phi) is 4.67. The molecule has 0 unspecified atom stereocenters. The zero-order valence-corrected chi connectivity index (χ0v) is 12.5. The van der Waals surface area contributed by atoms with Crippen LogP contribution in [-0.4, -0.2) is 12.4 Å². The maximum absolute atomic E-state index is 13.7. The predicted molar refractivity (Wildman–Crippen MR) is 75.1 cm³/mol. The van der Waals surface area contributed by atoms with Crippen molar-refractivity contribution in [1.29, 1.82) is 0 Å². The minimum absolute atomic E-state index is 0.00404. The third-order valence-electron chi connectivity index (χ3n) is 2.72. The van der Waals surface area contributed by atoms with Crippen LogP contribution in [0.15, 0.2) is 34.8 Å². The molecule has 0 amide bonds. The quantitative estimate of drug-likeness (QED) is 0.752. The molecule has 0 heterocycles. The first kappa shape index (κ1) is 15.6. The largest absolute Gasteiger partial charge is 0.493 e. The van der Waals surface area contributed by atoms with Gasteiger partial charge in [0.15, 0.2) is 0 Å². The highest BCUT2D eigenvalue weighted by Crippen LogP contribution is 2.28. The Bertz CT molecular complexity index is 678. The summed E-state index contributed by atoms with van der Waals surface area (Å²) in [5.74, 6) is -4.29. The van der Waals surface area contributed by atoms with Crippen molar-refractivity contribution < 1.29 is 22.7 Å². The summed E-state index contributed by atoms with van der Waals surface area (Å²) in [6, 6.07) is 5.48. The number of rotatable bonds is 4. The summed E-state index contributed by atoms with van der Waals surface area (Å²) in [5, 5.41) is 0. The van der Waals surface area contributed by atoms with Gasteiger partial charge >= 0.3 is 0 Å². The number of benzene rings is 2.